The highest BCUT2D eigenvalue weighted by Gasteiger charge is 2.19. The van der Waals surface area contributed by atoms with E-state index in [0.29, 0.717) is 5.56 Å². The molecule has 0 radical (unpaired) electrons. The van der Waals surface area contributed by atoms with E-state index in [1.54, 1.807) is 54.6 Å². The van der Waals surface area contributed by atoms with E-state index in [2.05, 4.69) is 48.5 Å². The first kappa shape index (κ1) is 23.6. The highest BCUT2D eigenvalue weighted by atomic mass is 15.1. The van der Waals surface area contributed by atoms with Crippen molar-refractivity contribution < 1.29 is 20.6 Å². The Morgan fingerprint density at radius 2 is 0.770 bits per heavy atom. The maximum absolute atomic E-state index is 9.66. The van der Waals surface area contributed by atoms with Crippen molar-refractivity contribution in [2.75, 3.05) is 4.90 Å². The highest BCUT2D eigenvalue weighted by Crippen LogP contribution is 2.46. The van der Waals surface area contributed by atoms with E-state index in [1.165, 1.54) is 0 Å². The van der Waals surface area contributed by atoms with Gasteiger partial charge in [0.15, 0.2) is 0 Å². The van der Waals surface area contributed by atoms with Crippen LogP contribution in [0.5, 0.6) is 0 Å². The quantitative estimate of drug-likeness (QED) is 0.139. The summed E-state index contributed by atoms with van der Waals surface area (Å²) in [4.78, 5) is 1.16. The zero-order valence-corrected chi connectivity index (χ0v) is 32.5. The molecule has 0 bridgehead atoms. The number of benzene rings is 11. The SMILES string of the molecule is [2H]c1c([2H])c(N(c2ccc(-c3ccc4c(c3)c(-c3ccccc3)c(-c3ccccc3)c3ccccc34)cc2)c2c([2H])c([2H])c(-c3c([2H])c([2H])c([2H])c4c([2H])c([2H])c([2H])c([2H])c34)c([2H])c2[2H])c([2H])c([2H])c1-c1ccccc1. The second kappa shape index (κ2) is 15.6. The van der Waals surface area contributed by atoms with Gasteiger partial charge in [0, 0.05) is 17.1 Å². The molecule has 286 valence electrons. The second-order valence-electron chi connectivity index (χ2n) is 14.5. The van der Waals surface area contributed by atoms with Gasteiger partial charge >= 0.3 is 0 Å². The first-order valence-electron chi connectivity index (χ1n) is 27.3. The van der Waals surface area contributed by atoms with Gasteiger partial charge in [-0.1, -0.05) is 206 Å². The first-order valence-corrected chi connectivity index (χ1v) is 19.8. The van der Waals surface area contributed by atoms with Crippen molar-refractivity contribution in [2.24, 2.45) is 0 Å². The van der Waals surface area contributed by atoms with E-state index in [9.17, 15) is 11.0 Å². The van der Waals surface area contributed by atoms with Crippen LogP contribution in [0.25, 0.3) is 88.0 Å². The minimum Gasteiger partial charge on any atom is -0.311 e. The molecule has 0 heterocycles. The van der Waals surface area contributed by atoms with Crippen molar-refractivity contribution in [1.82, 2.24) is 0 Å². The molecule has 0 aliphatic carbocycles. The fourth-order valence-electron chi connectivity index (χ4n) is 8.06. The lowest BCUT2D eigenvalue weighted by Crippen LogP contribution is -2.09. The van der Waals surface area contributed by atoms with Gasteiger partial charge in [0.25, 0.3) is 0 Å². The summed E-state index contributed by atoms with van der Waals surface area (Å²) in [5, 5.41) is 3.34. The fourth-order valence-corrected chi connectivity index (χ4v) is 8.06. The molecule has 0 aliphatic heterocycles. The standard InChI is InChI=1S/C60H41N/c1-4-15-42(16-5-1)43-27-34-50(35-28-43)61(52-38-31-46(32-39-52)54-26-14-22-45-17-10-11-23-53(45)54)51-36-29-44(30-37-51)49-33-40-56-55-24-12-13-25-57(55)59(47-18-6-2-7-19-47)60(58(56)41-49)48-20-8-3-9-21-48/h1-41H/i10D,11D,14D,17D,22D,23D,26D,27D,28D,31D,32D,34D,35D,38D,39D. The molecule has 11 aromatic rings. The minimum absolute atomic E-state index is 0.00220. The van der Waals surface area contributed by atoms with Gasteiger partial charge in [-0.25, -0.2) is 0 Å². The fraction of sp³-hybridized carbons (Fsp3) is 0. The molecule has 1 nitrogen and oxygen atoms in total. The Morgan fingerprint density at radius 3 is 1.43 bits per heavy atom. The number of hydrogen-bond acceptors (Lipinski definition) is 1. The van der Waals surface area contributed by atoms with Crippen molar-refractivity contribution in [1.29, 1.82) is 0 Å². The molecule has 0 saturated carbocycles. The Morgan fingerprint density at radius 1 is 0.279 bits per heavy atom. The summed E-state index contributed by atoms with van der Waals surface area (Å²) < 4.78 is 137. The monoisotopic (exact) mass is 790 g/mol. The first-order chi connectivity index (χ1) is 36.5. The molecule has 11 rings (SSSR count). The summed E-state index contributed by atoms with van der Waals surface area (Å²) in [5.41, 5.74) is 4.35. The summed E-state index contributed by atoms with van der Waals surface area (Å²) in [5.74, 6) is 0. The van der Waals surface area contributed by atoms with Crippen LogP contribution in [0.4, 0.5) is 17.1 Å². The third kappa shape index (κ3) is 6.73. The number of anilines is 3. The van der Waals surface area contributed by atoms with Crippen LogP contribution in [-0.4, -0.2) is 0 Å². The molecule has 0 saturated heterocycles. The predicted octanol–water partition coefficient (Wildman–Crippen LogP) is 17.0. The summed E-state index contributed by atoms with van der Waals surface area (Å²) in [7, 11) is 0. The maximum atomic E-state index is 9.66. The molecule has 0 aliphatic rings. The molecule has 0 fully saturated rings. The van der Waals surface area contributed by atoms with Gasteiger partial charge in [-0.05, 0) is 130 Å². The lowest BCUT2D eigenvalue weighted by atomic mass is 9.84. The molecular formula is C60H41N. The Labute approximate surface area is 378 Å². The minimum atomic E-state index is -0.791. The molecule has 11 aromatic carbocycles. The van der Waals surface area contributed by atoms with Crippen LogP contribution in [0, 0.1) is 0 Å². The van der Waals surface area contributed by atoms with Crippen LogP contribution in [0.2, 0.25) is 0 Å². The van der Waals surface area contributed by atoms with E-state index in [1.807, 2.05) is 54.6 Å². The van der Waals surface area contributed by atoms with Crippen molar-refractivity contribution in [2.45, 2.75) is 0 Å². The normalized spacial score (nSPS) is 14.7. The van der Waals surface area contributed by atoms with E-state index in [-0.39, 0.29) is 16.9 Å². The lowest BCUT2D eigenvalue weighted by Gasteiger charge is -2.26. The zero-order chi connectivity index (χ0) is 53.6. The Hall–Kier alpha value is -8.00. The van der Waals surface area contributed by atoms with E-state index in [0.717, 1.165) is 59.8 Å². The van der Waals surface area contributed by atoms with Gasteiger partial charge in [-0.2, -0.15) is 0 Å². The largest absolute Gasteiger partial charge is 0.311 e. The number of fused-ring (bicyclic) bond motifs is 4. The molecule has 0 spiro atoms. The Kier molecular flexibility index (Phi) is 6.04. The average Bonchev–Trinajstić information content (AvgIpc) is 3.50. The predicted molar refractivity (Wildman–Crippen MR) is 261 cm³/mol. The topological polar surface area (TPSA) is 3.24 Å². The maximum Gasteiger partial charge on any atom is 0.0645 e. The van der Waals surface area contributed by atoms with Crippen molar-refractivity contribution in [3.05, 3.63) is 248 Å². The molecule has 0 atom stereocenters. The lowest BCUT2D eigenvalue weighted by molar-refractivity contribution is 1.28. The molecule has 1 heteroatoms. The molecule has 0 unspecified atom stereocenters. The molecule has 0 amide bonds. The zero-order valence-electron chi connectivity index (χ0n) is 47.5. The number of rotatable bonds is 8. The van der Waals surface area contributed by atoms with E-state index >= 15 is 0 Å². The third-order valence-corrected chi connectivity index (χ3v) is 10.9. The van der Waals surface area contributed by atoms with Crippen molar-refractivity contribution in [3.63, 3.8) is 0 Å². The van der Waals surface area contributed by atoms with Crippen LogP contribution >= 0.6 is 0 Å². The number of nitrogens with zero attached hydrogens (tertiary/aromatic N) is 1. The number of hydrogen-bond donors (Lipinski definition) is 0. The molecule has 0 N–H and O–H groups in total. The second-order valence-corrected chi connectivity index (χ2v) is 14.5. The Balaban J connectivity index is 1.15. The Bertz CT molecular complexity index is 4140. The third-order valence-electron chi connectivity index (χ3n) is 10.9. The molecule has 61 heavy (non-hydrogen) atoms. The van der Waals surface area contributed by atoms with Crippen LogP contribution < -0.4 is 4.90 Å². The highest BCUT2D eigenvalue weighted by molar-refractivity contribution is 6.22. The summed E-state index contributed by atoms with van der Waals surface area (Å²) in [6.45, 7) is 0. The van der Waals surface area contributed by atoms with Crippen LogP contribution in [0.3, 0.4) is 0 Å². The van der Waals surface area contributed by atoms with Crippen molar-refractivity contribution in [3.8, 4) is 55.6 Å². The van der Waals surface area contributed by atoms with Gasteiger partial charge in [0.1, 0.15) is 0 Å². The van der Waals surface area contributed by atoms with Gasteiger partial charge in [-0.15, -0.1) is 0 Å². The molecular weight excluding hydrogens is 735 g/mol. The van der Waals surface area contributed by atoms with Crippen molar-refractivity contribution >= 4 is 49.4 Å². The smallest absolute Gasteiger partial charge is 0.0645 e. The van der Waals surface area contributed by atoms with Crippen LogP contribution in [0.15, 0.2) is 248 Å². The summed E-state index contributed by atoms with van der Waals surface area (Å²) in [6.07, 6.45) is 0. The van der Waals surface area contributed by atoms with Gasteiger partial charge in [0.2, 0.25) is 0 Å². The molecule has 0 aromatic heterocycles. The summed E-state index contributed by atoms with van der Waals surface area (Å²) in [6, 6.07) is 40.3. The van der Waals surface area contributed by atoms with Crippen LogP contribution in [0.1, 0.15) is 20.6 Å². The van der Waals surface area contributed by atoms with Gasteiger partial charge in [-0.3, -0.25) is 0 Å². The van der Waals surface area contributed by atoms with E-state index < -0.39 is 118 Å². The summed E-state index contributed by atoms with van der Waals surface area (Å²) >= 11 is 0. The van der Waals surface area contributed by atoms with E-state index in [4.69, 9.17) is 9.60 Å². The van der Waals surface area contributed by atoms with Gasteiger partial charge < -0.3 is 4.90 Å². The van der Waals surface area contributed by atoms with Crippen LogP contribution in [-0.2, 0) is 0 Å². The average molecular weight is 791 g/mol. The van der Waals surface area contributed by atoms with Gasteiger partial charge in [0.05, 0.1) is 20.6 Å².